The van der Waals surface area contributed by atoms with Crippen molar-refractivity contribution in [2.45, 2.75) is 13.2 Å². The SMILES string of the molecule is CNCc1cc(Cl)ccc1OCc1ccccc1OC. The standard InChI is InChI=1S/C16H18ClNO2/c1-18-10-13-9-14(17)7-8-16(13)20-11-12-5-3-4-6-15(12)19-2/h3-9,18H,10-11H2,1-2H3. The second kappa shape index (κ2) is 7.17. The molecule has 3 nitrogen and oxygen atoms in total. The quantitative estimate of drug-likeness (QED) is 0.881. The molecular formula is C16H18ClNO2. The highest BCUT2D eigenvalue weighted by molar-refractivity contribution is 6.30. The molecule has 0 fully saturated rings. The Labute approximate surface area is 124 Å². The van der Waals surface area contributed by atoms with Gasteiger partial charge in [0.1, 0.15) is 18.1 Å². The van der Waals surface area contributed by atoms with Gasteiger partial charge in [-0.15, -0.1) is 0 Å². The molecule has 0 spiro atoms. The first-order valence-electron chi connectivity index (χ1n) is 6.42. The van der Waals surface area contributed by atoms with E-state index in [2.05, 4.69) is 5.32 Å². The summed E-state index contributed by atoms with van der Waals surface area (Å²) in [5, 5.41) is 3.82. The number of methoxy groups -OCH3 is 1. The topological polar surface area (TPSA) is 30.5 Å². The predicted molar refractivity (Wildman–Crippen MR) is 81.5 cm³/mol. The van der Waals surface area contributed by atoms with Gasteiger partial charge in [-0.3, -0.25) is 0 Å². The van der Waals surface area contributed by atoms with E-state index in [1.165, 1.54) is 0 Å². The van der Waals surface area contributed by atoms with E-state index in [1.807, 2.05) is 49.5 Å². The molecule has 1 N–H and O–H groups in total. The molecule has 0 atom stereocenters. The third-order valence-electron chi connectivity index (χ3n) is 2.97. The fourth-order valence-corrected chi connectivity index (χ4v) is 2.19. The van der Waals surface area contributed by atoms with Crippen LogP contribution in [-0.2, 0) is 13.2 Å². The molecule has 0 amide bonds. The smallest absolute Gasteiger partial charge is 0.125 e. The molecular weight excluding hydrogens is 274 g/mol. The van der Waals surface area contributed by atoms with E-state index in [1.54, 1.807) is 7.11 Å². The lowest BCUT2D eigenvalue weighted by atomic mass is 10.2. The predicted octanol–water partition coefficient (Wildman–Crippen LogP) is 3.65. The molecule has 0 heterocycles. The zero-order valence-corrected chi connectivity index (χ0v) is 12.4. The second-order valence-corrected chi connectivity index (χ2v) is 4.82. The van der Waals surface area contributed by atoms with Crippen LogP contribution < -0.4 is 14.8 Å². The maximum atomic E-state index is 6.01. The lowest BCUT2D eigenvalue weighted by Gasteiger charge is -2.13. The molecule has 0 saturated carbocycles. The first kappa shape index (κ1) is 14.7. The van der Waals surface area contributed by atoms with Crippen LogP contribution in [0.15, 0.2) is 42.5 Å². The minimum absolute atomic E-state index is 0.461. The van der Waals surface area contributed by atoms with Gasteiger partial charge in [0.2, 0.25) is 0 Å². The van der Waals surface area contributed by atoms with Crippen LogP contribution in [0.2, 0.25) is 5.02 Å². The van der Waals surface area contributed by atoms with Gasteiger partial charge in [0, 0.05) is 22.7 Å². The molecule has 106 valence electrons. The van der Waals surface area contributed by atoms with Crippen LogP contribution in [0.1, 0.15) is 11.1 Å². The van der Waals surface area contributed by atoms with Crippen molar-refractivity contribution in [1.29, 1.82) is 0 Å². The van der Waals surface area contributed by atoms with Gasteiger partial charge in [0.25, 0.3) is 0 Å². The maximum Gasteiger partial charge on any atom is 0.125 e. The van der Waals surface area contributed by atoms with Gasteiger partial charge >= 0.3 is 0 Å². The molecule has 0 aromatic heterocycles. The molecule has 0 saturated heterocycles. The van der Waals surface area contributed by atoms with Crippen LogP contribution in [0.3, 0.4) is 0 Å². The number of rotatable bonds is 6. The Morgan fingerprint density at radius 2 is 1.85 bits per heavy atom. The molecule has 20 heavy (non-hydrogen) atoms. The van der Waals surface area contributed by atoms with E-state index in [0.29, 0.717) is 18.2 Å². The van der Waals surface area contributed by atoms with Gasteiger partial charge in [-0.2, -0.15) is 0 Å². The number of benzene rings is 2. The number of ether oxygens (including phenoxy) is 2. The average molecular weight is 292 g/mol. The van der Waals surface area contributed by atoms with E-state index in [-0.39, 0.29) is 0 Å². The Morgan fingerprint density at radius 3 is 2.60 bits per heavy atom. The van der Waals surface area contributed by atoms with Crippen molar-refractivity contribution in [3.8, 4) is 11.5 Å². The molecule has 2 rings (SSSR count). The molecule has 0 unspecified atom stereocenters. The summed E-state index contributed by atoms with van der Waals surface area (Å²) >= 11 is 6.01. The van der Waals surface area contributed by atoms with Crippen LogP contribution >= 0.6 is 11.6 Å². The molecule has 2 aromatic carbocycles. The fourth-order valence-electron chi connectivity index (χ4n) is 2.00. The monoisotopic (exact) mass is 291 g/mol. The number of hydrogen-bond acceptors (Lipinski definition) is 3. The first-order valence-corrected chi connectivity index (χ1v) is 6.80. The molecule has 0 bridgehead atoms. The summed E-state index contributed by atoms with van der Waals surface area (Å²) in [5.74, 6) is 1.66. The Hall–Kier alpha value is -1.71. The van der Waals surface area contributed by atoms with E-state index < -0.39 is 0 Å². The lowest BCUT2D eigenvalue weighted by Crippen LogP contribution is -2.08. The highest BCUT2D eigenvalue weighted by Gasteiger charge is 2.07. The van der Waals surface area contributed by atoms with Crippen molar-refractivity contribution < 1.29 is 9.47 Å². The summed E-state index contributed by atoms with van der Waals surface area (Å²) in [6.45, 7) is 1.17. The third-order valence-corrected chi connectivity index (χ3v) is 3.20. The number of para-hydroxylation sites is 1. The Bertz CT molecular complexity index is 572. The summed E-state index contributed by atoms with van der Waals surface area (Å²) in [5.41, 5.74) is 2.05. The van der Waals surface area contributed by atoms with Gasteiger partial charge in [-0.1, -0.05) is 29.8 Å². The van der Waals surface area contributed by atoms with Crippen molar-refractivity contribution in [3.63, 3.8) is 0 Å². The normalized spacial score (nSPS) is 10.3. The Kier molecular flexibility index (Phi) is 5.27. The maximum absolute atomic E-state index is 6.01. The molecule has 0 aliphatic heterocycles. The van der Waals surface area contributed by atoms with Crippen molar-refractivity contribution in [2.75, 3.05) is 14.2 Å². The number of hydrogen-bond donors (Lipinski definition) is 1. The summed E-state index contributed by atoms with van der Waals surface area (Å²) in [6.07, 6.45) is 0. The zero-order valence-electron chi connectivity index (χ0n) is 11.7. The average Bonchev–Trinajstić information content (AvgIpc) is 2.47. The first-order chi connectivity index (χ1) is 9.74. The van der Waals surface area contributed by atoms with E-state index in [9.17, 15) is 0 Å². The third kappa shape index (κ3) is 3.65. The Morgan fingerprint density at radius 1 is 1.05 bits per heavy atom. The molecule has 0 radical (unpaired) electrons. The van der Waals surface area contributed by atoms with Crippen LogP contribution in [0.4, 0.5) is 0 Å². The zero-order chi connectivity index (χ0) is 14.4. The van der Waals surface area contributed by atoms with Crippen molar-refractivity contribution in [1.82, 2.24) is 5.32 Å². The van der Waals surface area contributed by atoms with Gasteiger partial charge in [0.15, 0.2) is 0 Å². The van der Waals surface area contributed by atoms with Crippen LogP contribution in [0.25, 0.3) is 0 Å². The van der Waals surface area contributed by atoms with Gasteiger partial charge in [-0.25, -0.2) is 0 Å². The minimum Gasteiger partial charge on any atom is -0.496 e. The van der Waals surface area contributed by atoms with Crippen LogP contribution in [0, 0.1) is 0 Å². The van der Waals surface area contributed by atoms with E-state index >= 15 is 0 Å². The van der Waals surface area contributed by atoms with Crippen molar-refractivity contribution in [3.05, 3.63) is 58.6 Å². The highest BCUT2D eigenvalue weighted by Crippen LogP contribution is 2.25. The van der Waals surface area contributed by atoms with Gasteiger partial charge in [-0.05, 0) is 31.3 Å². The van der Waals surface area contributed by atoms with E-state index in [0.717, 1.165) is 22.6 Å². The fraction of sp³-hybridized carbons (Fsp3) is 0.250. The Balaban J connectivity index is 2.14. The molecule has 4 heteroatoms. The number of nitrogens with one attached hydrogen (secondary N) is 1. The second-order valence-electron chi connectivity index (χ2n) is 4.38. The van der Waals surface area contributed by atoms with Gasteiger partial charge < -0.3 is 14.8 Å². The van der Waals surface area contributed by atoms with Gasteiger partial charge in [0.05, 0.1) is 7.11 Å². The van der Waals surface area contributed by atoms with Crippen molar-refractivity contribution in [2.24, 2.45) is 0 Å². The van der Waals surface area contributed by atoms with E-state index in [4.69, 9.17) is 21.1 Å². The number of halogens is 1. The van der Waals surface area contributed by atoms with Crippen LogP contribution in [-0.4, -0.2) is 14.2 Å². The molecule has 0 aliphatic carbocycles. The largest absolute Gasteiger partial charge is 0.496 e. The minimum atomic E-state index is 0.461. The van der Waals surface area contributed by atoms with Crippen LogP contribution in [0.5, 0.6) is 11.5 Å². The van der Waals surface area contributed by atoms with Crippen molar-refractivity contribution >= 4 is 11.6 Å². The summed E-state index contributed by atoms with van der Waals surface area (Å²) in [6, 6.07) is 13.5. The highest BCUT2D eigenvalue weighted by atomic mass is 35.5. The summed E-state index contributed by atoms with van der Waals surface area (Å²) in [4.78, 5) is 0. The summed E-state index contributed by atoms with van der Waals surface area (Å²) in [7, 11) is 3.55. The molecule has 2 aromatic rings. The molecule has 0 aliphatic rings. The lowest BCUT2D eigenvalue weighted by molar-refractivity contribution is 0.293. The summed E-state index contributed by atoms with van der Waals surface area (Å²) < 4.78 is 11.2.